The van der Waals surface area contributed by atoms with E-state index in [9.17, 15) is 14.1 Å². The number of aliphatic hydroxyl groups excluding tert-OH is 2. The fourth-order valence-corrected chi connectivity index (χ4v) is 4.62. The molecular weight excluding hydrogens is 472 g/mol. The lowest BCUT2D eigenvalue weighted by atomic mass is 10.1. The Morgan fingerprint density at radius 3 is 2.75 bits per heavy atom. The molecule has 4 rings (SSSR count). The summed E-state index contributed by atoms with van der Waals surface area (Å²) in [4.78, 5) is 26.7. The summed E-state index contributed by atoms with van der Waals surface area (Å²) in [6.45, 7) is -1.51. The van der Waals surface area contributed by atoms with E-state index in [-0.39, 0.29) is 17.0 Å². The number of anilines is 1. The first-order valence-corrected chi connectivity index (χ1v) is 12.2. The zero-order valence-electron chi connectivity index (χ0n) is 16.8. The number of nitrogens with one attached hydrogen (secondary N) is 1. The lowest BCUT2D eigenvalue weighted by Crippen LogP contribution is -2.33. The molecule has 178 valence electrons. The molecule has 2 aromatic rings. The van der Waals surface area contributed by atoms with Gasteiger partial charge in [0.2, 0.25) is 5.28 Å². The van der Waals surface area contributed by atoms with Crippen LogP contribution in [0.15, 0.2) is 6.20 Å². The van der Waals surface area contributed by atoms with Crippen molar-refractivity contribution >= 4 is 36.0 Å². The van der Waals surface area contributed by atoms with E-state index in [1.807, 2.05) is 0 Å². The molecule has 3 heterocycles. The van der Waals surface area contributed by atoms with E-state index in [1.165, 1.54) is 6.20 Å². The number of alkyl halides is 1. The minimum absolute atomic E-state index is 0.0685. The van der Waals surface area contributed by atoms with Crippen molar-refractivity contribution in [3.63, 3.8) is 0 Å². The van der Waals surface area contributed by atoms with Crippen LogP contribution < -0.4 is 5.32 Å². The maximum Gasteiger partial charge on any atom is 0.356 e. The quantitative estimate of drug-likeness (QED) is 0.260. The molecule has 1 saturated heterocycles. The van der Waals surface area contributed by atoms with Gasteiger partial charge in [0, 0.05) is 6.04 Å². The van der Waals surface area contributed by atoms with Crippen molar-refractivity contribution in [3.05, 3.63) is 11.5 Å². The number of hydrogen-bond acceptors (Lipinski definition) is 9. The van der Waals surface area contributed by atoms with Gasteiger partial charge in [-0.1, -0.05) is 12.8 Å². The first-order chi connectivity index (χ1) is 15.2. The van der Waals surface area contributed by atoms with E-state index in [0.717, 1.165) is 30.4 Å². The first-order valence-electron chi connectivity index (χ1n) is 10.1. The number of ether oxygens (including phenoxy) is 2. The highest BCUT2D eigenvalue weighted by Gasteiger charge is 2.47. The van der Waals surface area contributed by atoms with Crippen LogP contribution in [0.3, 0.4) is 0 Å². The average Bonchev–Trinajstić information content (AvgIpc) is 3.44. The van der Waals surface area contributed by atoms with Crippen LogP contribution in [0.25, 0.3) is 11.0 Å². The monoisotopic (exact) mass is 495 g/mol. The minimum atomic E-state index is -4.75. The van der Waals surface area contributed by atoms with Gasteiger partial charge >= 0.3 is 7.60 Å². The van der Waals surface area contributed by atoms with Crippen LogP contribution in [0.5, 0.6) is 0 Å². The highest BCUT2D eigenvalue weighted by Crippen LogP contribution is 2.42. The minimum Gasteiger partial charge on any atom is -0.393 e. The molecule has 2 aromatic heterocycles. The maximum absolute atomic E-state index is 14.9. The molecule has 12 nitrogen and oxygen atoms in total. The molecule has 0 radical (unpaired) electrons. The largest absolute Gasteiger partial charge is 0.393 e. The number of aromatic nitrogens is 4. The van der Waals surface area contributed by atoms with Gasteiger partial charge in [-0.05, 0) is 24.4 Å². The predicted octanol–water partition coefficient (Wildman–Crippen LogP) is 0.943. The van der Waals surface area contributed by atoms with Crippen LogP contribution in [0.1, 0.15) is 31.9 Å². The van der Waals surface area contributed by atoms with E-state index >= 15 is 0 Å². The molecule has 1 aliphatic carbocycles. The Labute approximate surface area is 186 Å². The van der Waals surface area contributed by atoms with Crippen LogP contribution in [0.4, 0.5) is 10.2 Å². The Hall–Kier alpha value is -1.44. The smallest absolute Gasteiger partial charge is 0.356 e. The summed E-state index contributed by atoms with van der Waals surface area (Å²) in [6.07, 6.45) is -0.590. The number of halogens is 2. The molecule has 0 bridgehead atoms. The lowest BCUT2D eigenvalue weighted by Gasteiger charge is -2.20. The Morgan fingerprint density at radius 2 is 2.09 bits per heavy atom. The van der Waals surface area contributed by atoms with Crippen LogP contribution >= 0.6 is 19.2 Å². The molecule has 2 aliphatic rings. The van der Waals surface area contributed by atoms with Gasteiger partial charge in [0.1, 0.15) is 18.0 Å². The van der Waals surface area contributed by atoms with Crippen molar-refractivity contribution in [2.24, 2.45) is 0 Å². The molecular formula is C17H24ClFN5O7P. The molecule has 2 fully saturated rings. The summed E-state index contributed by atoms with van der Waals surface area (Å²) in [5.41, 5.74) is 0.204. The lowest BCUT2D eigenvalue weighted by molar-refractivity contribution is -0.0788. The number of aliphatic hydroxyl groups is 2. The summed E-state index contributed by atoms with van der Waals surface area (Å²) in [6, 6.07) is 0.237. The third-order valence-corrected chi connectivity index (χ3v) is 6.87. The van der Waals surface area contributed by atoms with Crippen molar-refractivity contribution < 1.29 is 38.4 Å². The first kappa shape index (κ1) is 23.7. The predicted molar refractivity (Wildman–Crippen MR) is 110 cm³/mol. The molecule has 5 N–H and O–H groups in total. The molecule has 32 heavy (non-hydrogen) atoms. The van der Waals surface area contributed by atoms with E-state index < -0.39 is 51.3 Å². The molecule has 0 amide bonds. The number of hydrogen-bond donors (Lipinski definition) is 5. The van der Waals surface area contributed by atoms with Crippen molar-refractivity contribution in [3.8, 4) is 0 Å². The fraction of sp³-hybridized carbons (Fsp3) is 0.706. The Kier molecular flexibility index (Phi) is 6.99. The third kappa shape index (κ3) is 4.75. The Morgan fingerprint density at radius 1 is 1.38 bits per heavy atom. The molecule has 1 aliphatic heterocycles. The third-order valence-electron chi connectivity index (χ3n) is 5.64. The highest BCUT2D eigenvalue weighted by atomic mass is 35.5. The van der Waals surface area contributed by atoms with Gasteiger partial charge in [0.15, 0.2) is 23.9 Å². The van der Waals surface area contributed by atoms with Crippen LogP contribution in [-0.2, 0) is 14.0 Å². The fourth-order valence-electron chi connectivity index (χ4n) is 3.96. The van der Waals surface area contributed by atoms with E-state index in [0.29, 0.717) is 11.2 Å². The SMILES string of the molecule is O=P(O)(O)C(CO)OC[C@H]1O[C@@H](n2ncc3c(NC4CCCC4)nc(Cl)nc32)[C@@H](F)[C@@H]1O. The standard InChI is InChI=1S/C17H24ClFN5O7P/c18-17-22-14(21-8-3-1-2-4-8)9-5-20-24(15(9)23-17)16-12(19)13(26)10(31-16)7-30-11(6-25)32(27,28)29/h5,8,10-13,16,25-26H,1-4,6-7H2,(H,21,22,23)(H2,27,28,29)/t10-,11?,12+,13-,16-/m1/s1. The van der Waals surface area contributed by atoms with Crippen LogP contribution in [-0.4, -0.2) is 83.2 Å². The van der Waals surface area contributed by atoms with Crippen LogP contribution in [0.2, 0.25) is 5.28 Å². The number of nitrogens with zero attached hydrogens (tertiary/aromatic N) is 4. The second-order valence-electron chi connectivity index (χ2n) is 7.85. The normalized spacial score (nSPS) is 27.9. The number of rotatable bonds is 8. The van der Waals surface area contributed by atoms with Gasteiger partial charge in [-0.3, -0.25) is 4.57 Å². The second kappa shape index (κ2) is 9.43. The van der Waals surface area contributed by atoms with Gasteiger partial charge in [-0.25, -0.2) is 9.07 Å². The molecule has 1 saturated carbocycles. The summed E-state index contributed by atoms with van der Waals surface area (Å²) >= 11 is 6.08. The average molecular weight is 496 g/mol. The second-order valence-corrected chi connectivity index (χ2v) is 9.95. The van der Waals surface area contributed by atoms with Crippen LogP contribution in [0, 0.1) is 0 Å². The molecule has 0 aromatic carbocycles. The van der Waals surface area contributed by atoms with E-state index in [2.05, 4.69) is 20.4 Å². The zero-order chi connectivity index (χ0) is 23.0. The molecule has 0 spiro atoms. The van der Waals surface area contributed by atoms with Gasteiger partial charge in [0.05, 0.1) is 24.8 Å². The van der Waals surface area contributed by atoms with Crippen molar-refractivity contribution in [1.29, 1.82) is 0 Å². The Bertz CT molecular complexity index is 1000. The summed E-state index contributed by atoms with van der Waals surface area (Å²) in [5.74, 6) is -1.34. The van der Waals surface area contributed by atoms with E-state index in [4.69, 9.17) is 36.0 Å². The van der Waals surface area contributed by atoms with Gasteiger partial charge in [-0.2, -0.15) is 15.1 Å². The Balaban J connectivity index is 1.54. The van der Waals surface area contributed by atoms with Crippen molar-refractivity contribution in [2.45, 2.75) is 62.2 Å². The zero-order valence-corrected chi connectivity index (χ0v) is 18.4. The van der Waals surface area contributed by atoms with Crippen molar-refractivity contribution in [2.75, 3.05) is 18.5 Å². The molecule has 1 unspecified atom stereocenters. The molecule has 15 heteroatoms. The van der Waals surface area contributed by atoms with Gasteiger partial charge in [0.25, 0.3) is 0 Å². The summed E-state index contributed by atoms with van der Waals surface area (Å²) < 4.78 is 37.9. The number of fused-ring (bicyclic) bond motifs is 1. The van der Waals surface area contributed by atoms with Crippen molar-refractivity contribution in [1.82, 2.24) is 19.7 Å². The van der Waals surface area contributed by atoms with E-state index in [1.54, 1.807) is 0 Å². The molecule has 5 atom stereocenters. The maximum atomic E-state index is 14.9. The highest BCUT2D eigenvalue weighted by molar-refractivity contribution is 7.52. The van der Waals surface area contributed by atoms with Gasteiger partial charge < -0.3 is 34.8 Å². The topological polar surface area (TPSA) is 172 Å². The summed E-state index contributed by atoms with van der Waals surface area (Å²) in [5, 5.41) is 27.2. The summed E-state index contributed by atoms with van der Waals surface area (Å²) in [7, 11) is -4.75. The van der Waals surface area contributed by atoms with Gasteiger partial charge in [-0.15, -0.1) is 0 Å².